The van der Waals surface area contributed by atoms with Crippen molar-refractivity contribution >= 4 is 29.7 Å². The van der Waals surface area contributed by atoms with Crippen LogP contribution < -0.4 is 4.74 Å². The van der Waals surface area contributed by atoms with Crippen LogP contribution in [-0.2, 0) is 26.5 Å². The Morgan fingerprint density at radius 2 is 1.59 bits per heavy atom. The van der Waals surface area contributed by atoms with Crippen LogP contribution in [0.2, 0.25) is 0 Å². The van der Waals surface area contributed by atoms with E-state index in [0.29, 0.717) is 12.1 Å². The van der Waals surface area contributed by atoms with E-state index in [1.807, 2.05) is 42.9 Å². The second-order valence-electron chi connectivity index (χ2n) is 9.75. The van der Waals surface area contributed by atoms with Crippen LogP contribution in [0, 0.1) is 0 Å². The van der Waals surface area contributed by atoms with E-state index in [2.05, 4.69) is 14.9 Å². The zero-order chi connectivity index (χ0) is 28.8. The van der Waals surface area contributed by atoms with E-state index >= 15 is 0 Å². The Kier molecular flexibility index (Phi) is 9.88. The molecule has 0 saturated carbocycles. The summed E-state index contributed by atoms with van der Waals surface area (Å²) in [7, 11) is 1.67. The van der Waals surface area contributed by atoms with Crippen LogP contribution in [0.5, 0.6) is 5.75 Å². The van der Waals surface area contributed by atoms with Gasteiger partial charge in [-0.15, -0.1) is 0 Å². The smallest absolute Gasteiger partial charge is 0.336 e. The van der Waals surface area contributed by atoms with Gasteiger partial charge in [0.2, 0.25) is 0 Å². The molecule has 2 aromatic rings. The van der Waals surface area contributed by atoms with Crippen molar-refractivity contribution in [3.63, 3.8) is 0 Å². The number of aliphatic hydroxyl groups is 2. The zero-order valence-corrected chi connectivity index (χ0v) is 22.5. The minimum absolute atomic E-state index is 0.379. The minimum Gasteiger partial charge on any atom is -0.496 e. The van der Waals surface area contributed by atoms with Crippen LogP contribution in [-0.4, -0.2) is 89.4 Å². The lowest BCUT2D eigenvalue weighted by atomic mass is 9.80. The Labute approximate surface area is 229 Å². The average molecular weight is 564 g/mol. The van der Waals surface area contributed by atoms with Gasteiger partial charge in [0.05, 0.1) is 25.6 Å². The van der Waals surface area contributed by atoms with Crippen molar-refractivity contribution in [3.8, 4) is 5.75 Å². The third kappa shape index (κ3) is 7.44. The van der Waals surface area contributed by atoms with Crippen molar-refractivity contribution in [1.82, 2.24) is 14.9 Å². The Morgan fingerprint density at radius 1 is 1.05 bits per heavy atom. The maximum atomic E-state index is 11.5. The standard InChI is InChI=1S/C20H25N3O2S.C6H8O7/c1-25-18-6-4-3-5-17(18)20(24)9-15-7-8-16(10-20)23(15)13-14-11-21-19(26-2)22-12-14;7-3(8)1-6(13,5(11)12)2-4(9)10/h3-6,11-12,15-16,24H,7-10,13H2,1-2H3;13H,1-2H2,(H,7,8)(H,9,10)(H,11,12). The van der Waals surface area contributed by atoms with Crippen LogP contribution in [0.4, 0.5) is 0 Å². The second-order valence-corrected chi connectivity index (χ2v) is 10.5. The molecule has 2 fully saturated rings. The number of aromatic nitrogens is 2. The van der Waals surface area contributed by atoms with Crippen molar-refractivity contribution in [2.45, 2.75) is 73.5 Å². The molecule has 39 heavy (non-hydrogen) atoms. The second kappa shape index (κ2) is 12.7. The highest BCUT2D eigenvalue weighted by atomic mass is 32.2. The van der Waals surface area contributed by atoms with Crippen molar-refractivity contribution in [3.05, 3.63) is 47.8 Å². The third-order valence-corrected chi connectivity index (χ3v) is 7.62. The molecule has 212 valence electrons. The predicted molar refractivity (Wildman–Crippen MR) is 139 cm³/mol. The Bertz CT molecular complexity index is 1150. The number of rotatable bonds is 10. The zero-order valence-electron chi connectivity index (χ0n) is 21.7. The lowest BCUT2D eigenvalue weighted by molar-refractivity contribution is -0.170. The first-order valence-electron chi connectivity index (χ1n) is 12.3. The van der Waals surface area contributed by atoms with Crippen LogP contribution in [0.15, 0.2) is 41.8 Å². The highest BCUT2D eigenvalue weighted by Crippen LogP contribution is 2.48. The molecule has 4 rings (SSSR count). The Morgan fingerprint density at radius 3 is 2.05 bits per heavy atom. The monoisotopic (exact) mass is 563 g/mol. The van der Waals surface area contributed by atoms with Crippen LogP contribution >= 0.6 is 11.8 Å². The molecule has 13 heteroatoms. The minimum atomic E-state index is -2.74. The molecule has 0 amide bonds. The van der Waals surface area contributed by atoms with E-state index in [9.17, 15) is 19.5 Å². The van der Waals surface area contributed by atoms with Gasteiger partial charge in [-0.05, 0) is 38.0 Å². The van der Waals surface area contributed by atoms with E-state index in [1.165, 1.54) is 0 Å². The Balaban J connectivity index is 0.000000276. The number of thioether (sulfide) groups is 1. The first-order valence-corrected chi connectivity index (χ1v) is 13.5. The fourth-order valence-corrected chi connectivity index (χ4v) is 5.59. The summed E-state index contributed by atoms with van der Waals surface area (Å²) in [5, 5.41) is 46.1. The van der Waals surface area contributed by atoms with Gasteiger partial charge in [0.25, 0.3) is 0 Å². The number of aliphatic carboxylic acids is 3. The summed E-state index contributed by atoms with van der Waals surface area (Å²) in [6.45, 7) is 0.853. The molecule has 2 unspecified atom stereocenters. The molecule has 0 spiro atoms. The van der Waals surface area contributed by atoms with Crippen LogP contribution in [0.25, 0.3) is 0 Å². The summed E-state index contributed by atoms with van der Waals surface area (Å²) in [5.41, 5.74) is -1.49. The number of benzene rings is 1. The van der Waals surface area contributed by atoms with E-state index < -0.39 is 42.0 Å². The molecule has 0 radical (unpaired) electrons. The molecule has 1 aromatic carbocycles. The van der Waals surface area contributed by atoms with Crippen molar-refractivity contribution in [2.75, 3.05) is 13.4 Å². The fourth-order valence-electron chi connectivity index (χ4n) is 5.28. The topological polar surface area (TPSA) is 191 Å². The quantitative estimate of drug-likeness (QED) is 0.208. The first kappa shape index (κ1) is 30.3. The predicted octanol–water partition coefficient (Wildman–Crippen LogP) is 1.97. The molecule has 2 aliphatic heterocycles. The van der Waals surface area contributed by atoms with Gasteiger partial charge < -0.3 is 30.3 Å². The number of carbonyl (C=O) groups is 3. The van der Waals surface area contributed by atoms with Crippen molar-refractivity contribution in [2.24, 2.45) is 0 Å². The summed E-state index contributed by atoms with van der Waals surface area (Å²) in [4.78, 5) is 41.8. The molecule has 2 atom stereocenters. The first-order chi connectivity index (χ1) is 18.4. The van der Waals surface area contributed by atoms with Crippen LogP contribution in [0.3, 0.4) is 0 Å². The molecule has 12 nitrogen and oxygen atoms in total. The SMILES string of the molecule is COc1ccccc1C1(O)CC2CCC(C1)N2Cc1cnc(SC)nc1.O=C(O)CC(O)(CC(=O)O)C(=O)O. The van der Waals surface area contributed by atoms with E-state index in [0.717, 1.165) is 54.3 Å². The average Bonchev–Trinajstić information content (AvgIpc) is 3.12. The van der Waals surface area contributed by atoms with E-state index in [1.54, 1.807) is 18.9 Å². The van der Waals surface area contributed by atoms with Crippen molar-refractivity contribution < 1.29 is 44.7 Å². The highest BCUT2D eigenvalue weighted by Gasteiger charge is 2.49. The van der Waals surface area contributed by atoms with E-state index in [-0.39, 0.29) is 0 Å². The lowest BCUT2D eigenvalue weighted by Gasteiger charge is -2.44. The number of carboxylic acids is 3. The molecule has 5 N–H and O–H groups in total. The number of hydrogen-bond donors (Lipinski definition) is 5. The van der Waals surface area contributed by atoms with Gasteiger partial charge in [0.1, 0.15) is 5.75 Å². The largest absolute Gasteiger partial charge is 0.496 e. The number of nitrogens with zero attached hydrogens (tertiary/aromatic N) is 3. The summed E-state index contributed by atoms with van der Waals surface area (Å²) in [5.74, 6) is -4.24. The summed E-state index contributed by atoms with van der Waals surface area (Å²) in [6.07, 6.45) is 7.30. The molecule has 0 aliphatic carbocycles. The van der Waals surface area contributed by atoms with Gasteiger partial charge in [0, 0.05) is 42.1 Å². The highest BCUT2D eigenvalue weighted by molar-refractivity contribution is 7.98. The fraction of sp³-hybridized carbons (Fsp3) is 0.500. The number of methoxy groups -OCH3 is 1. The number of para-hydroxylation sites is 1. The molecule has 1 aromatic heterocycles. The van der Waals surface area contributed by atoms with Gasteiger partial charge in [-0.2, -0.15) is 0 Å². The third-order valence-electron chi connectivity index (χ3n) is 7.04. The molecular weight excluding hydrogens is 530 g/mol. The van der Waals surface area contributed by atoms with E-state index in [4.69, 9.17) is 25.2 Å². The van der Waals surface area contributed by atoms with Gasteiger partial charge in [-0.3, -0.25) is 14.5 Å². The van der Waals surface area contributed by atoms with Gasteiger partial charge >= 0.3 is 17.9 Å². The molecule has 3 heterocycles. The maximum Gasteiger partial charge on any atom is 0.336 e. The molecule has 2 bridgehead atoms. The summed E-state index contributed by atoms with van der Waals surface area (Å²) < 4.78 is 5.51. The number of ether oxygens (including phenoxy) is 1. The molecular formula is C26H33N3O9S. The van der Waals surface area contributed by atoms with Gasteiger partial charge in [0.15, 0.2) is 10.8 Å². The Hall–Kier alpha value is -3.26. The van der Waals surface area contributed by atoms with Crippen LogP contribution in [0.1, 0.15) is 49.7 Å². The lowest BCUT2D eigenvalue weighted by Crippen LogP contribution is -2.49. The summed E-state index contributed by atoms with van der Waals surface area (Å²) >= 11 is 1.56. The number of fused-ring (bicyclic) bond motifs is 2. The van der Waals surface area contributed by atoms with Crippen molar-refractivity contribution in [1.29, 1.82) is 0 Å². The summed E-state index contributed by atoms with van der Waals surface area (Å²) in [6, 6.07) is 8.63. The van der Waals surface area contributed by atoms with Gasteiger partial charge in [-0.25, -0.2) is 14.8 Å². The normalized spacial score (nSPS) is 22.5. The molecule has 2 aliphatic rings. The molecule has 2 saturated heterocycles. The number of piperidine rings is 1. The van der Waals surface area contributed by atoms with Gasteiger partial charge in [-0.1, -0.05) is 30.0 Å². The maximum absolute atomic E-state index is 11.5. The number of hydrogen-bond acceptors (Lipinski definition) is 10. The number of carboxylic acid groups (broad SMARTS) is 3.